The molecule has 0 saturated heterocycles. The van der Waals surface area contributed by atoms with Crippen LogP contribution in [0.4, 0.5) is 0 Å². The summed E-state index contributed by atoms with van der Waals surface area (Å²) in [6, 6.07) is 6.39. The van der Waals surface area contributed by atoms with E-state index in [0.717, 1.165) is 0 Å². The van der Waals surface area contributed by atoms with Crippen molar-refractivity contribution in [2.45, 2.75) is 13.5 Å². The Labute approximate surface area is 197 Å². The number of rotatable bonds is 7. The minimum absolute atomic E-state index is 0.185. The predicted molar refractivity (Wildman–Crippen MR) is 122 cm³/mol. The highest BCUT2D eigenvalue weighted by Crippen LogP contribution is 2.38. The van der Waals surface area contributed by atoms with Crippen molar-refractivity contribution in [3.05, 3.63) is 44.7 Å². The first-order valence-electron chi connectivity index (χ1n) is 9.36. The highest BCUT2D eigenvalue weighted by atomic mass is 35.5. The molecule has 2 aromatic carbocycles. The number of hydrogen-bond donors (Lipinski definition) is 0. The van der Waals surface area contributed by atoms with Gasteiger partial charge in [0.25, 0.3) is 5.91 Å². The van der Waals surface area contributed by atoms with Gasteiger partial charge in [-0.15, -0.1) is 0 Å². The maximum absolute atomic E-state index is 13.0. The lowest BCUT2D eigenvalue weighted by Gasteiger charge is -2.12. The number of carbonyl (C=O) groups is 2. The van der Waals surface area contributed by atoms with Crippen molar-refractivity contribution in [1.29, 1.82) is 0 Å². The fourth-order valence-electron chi connectivity index (χ4n) is 3.03. The Morgan fingerprint density at radius 1 is 1.06 bits per heavy atom. The molecule has 0 unspecified atom stereocenters. The third-order valence-corrected chi connectivity index (χ3v) is 6.27. The van der Waals surface area contributed by atoms with Crippen LogP contribution in [0.5, 0.6) is 17.2 Å². The number of carbonyl (C=O) groups excluding carboxylic acids is 2. The van der Waals surface area contributed by atoms with Crippen molar-refractivity contribution in [2.24, 2.45) is 4.99 Å². The summed E-state index contributed by atoms with van der Waals surface area (Å²) in [5.74, 6) is -0.0836. The molecule has 170 valence electrons. The molecule has 1 heterocycles. The number of esters is 1. The van der Waals surface area contributed by atoms with Crippen LogP contribution in [0.2, 0.25) is 10.0 Å². The van der Waals surface area contributed by atoms with Crippen LogP contribution in [0, 0.1) is 0 Å². The average molecular weight is 499 g/mol. The molecule has 0 radical (unpaired) electrons. The van der Waals surface area contributed by atoms with Crippen molar-refractivity contribution in [1.82, 2.24) is 4.57 Å². The summed E-state index contributed by atoms with van der Waals surface area (Å²) in [5, 5.41) is 0.573. The summed E-state index contributed by atoms with van der Waals surface area (Å²) in [5.41, 5.74) is 0.706. The number of amides is 1. The van der Waals surface area contributed by atoms with Gasteiger partial charge in [-0.05, 0) is 31.2 Å². The second-order valence-corrected chi connectivity index (χ2v) is 8.11. The number of halogens is 2. The number of thiazole rings is 1. The van der Waals surface area contributed by atoms with Gasteiger partial charge in [0.15, 0.2) is 16.3 Å². The van der Waals surface area contributed by atoms with E-state index < -0.39 is 11.9 Å². The molecular weight excluding hydrogens is 479 g/mol. The van der Waals surface area contributed by atoms with Crippen LogP contribution in [0.1, 0.15) is 17.3 Å². The van der Waals surface area contributed by atoms with Crippen molar-refractivity contribution in [3.63, 3.8) is 0 Å². The smallest absolute Gasteiger partial charge is 0.326 e. The standard InChI is InChI=1S/C21H20Cl2N2O6S/c1-5-31-16(26)10-25-18-15(7-6-12(22)17(18)23)32-21(25)24-20(27)11-8-13(28-2)19(30-4)14(9-11)29-3/h6-9H,5,10H2,1-4H3. The number of nitrogens with zero attached hydrogens (tertiary/aromatic N) is 2. The minimum Gasteiger partial charge on any atom is -0.493 e. The molecule has 0 atom stereocenters. The zero-order chi connectivity index (χ0) is 23.4. The second kappa shape index (κ2) is 10.2. The maximum Gasteiger partial charge on any atom is 0.326 e. The van der Waals surface area contributed by atoms with Crippen LogP contribution in [-0.2, 0) is 16.1 Å². The number of fused-ring (bicyclic) bond motifs is 1. The normalized spacial score (nSPS) is 11.5. The molecule has 0 aliphatic carbocycles. The second-order valence-electron chi connectivity index (χ2n) is 6.31. The lowest BCUT2D eigenvalue weighted by atomic mass is 10.1. The quantitative estimate of drug-likeness (QED) is 0.450. The molecule has 0 aliphatic rings. The topological polar surface area (TPSA) is 88.4 Å². The molecule has 0 N–H and O–H groups in total. The van der Waals surface area contributed by atoms with E-state index in [-0.39, 0.29) is 28.5 Å². The number of ether oxygens (including phenoxy) is 4. The SMILES string of the molecule is CCOC(=O)Cn1c(=NC(=O)c2cc(OC)c(OC)c(OC)c2)sc2ccc(Cl)c(Cl)c21. The summed E-state index contributed by atoms with van der Waals surface area (Å²) in [4.78, 5) is 29.7. The van der Waals surface area contributed by atoms with Crippen molar-refractivity contribution in [2.75, 3.05) is 27.9 Å². The van der Waals surface area contributed by atoms with Crippen molar-refractivity contribution >= 4 is 56.6 Å². The predicted octanol–water partition coefficient (Wildman–Crippen LogP) is 4.34. The van der Waals surface area contributed by atoms with E-state index in [4.69, 9.17) is 42.1 Å². The molecule has 0 fully saturated rings. The van der Waals surface area contributed by atoms with Crippen molar-refractivity contribution in [3.8, 4) is 17.2 Å². The van der Waals surface area contributed by atoms with Crippen LogP contribution in [0.3, 0.4) is 0 Å². The summed E-state index contributed by atoms with van der Waals surface area (Å²) in [6.45, 7) is 1.74. The molecule has 0 saturated carbocycles. The first-order valence-corrected chi connectivity index (χ1v) is 10.9. The largest absolute Gasteiger partial charge is 0.493 e. The average Bonchev–Trinajstić information content (AvgIpc) is 3.12. The van der Waals surface area contributed by atoms with Crippen LogP contribution < -0.4 is 19.0 Å². The molecule has 0 bridgehead atoms. The van der Waals surface area contributed by atoms with E-state index >= 15 is 0 Å². The number of benzene rings is 2. The number of aromatic nitrogens is 1. The summed E-state index contributed by atoms with van der Waals surface area (Å²) >= 11 is 13.8. The Kier molecular flexibility index (Phi) is 7.65. The van der Waals surface area contributed by atoms with E-state index in [9.17, 15) is 9.59 Å². The number of methoxy groups -OCH3 is 3. The van der Waals surface area contributed by atoms with E-state index in [1.165, 1.54) is 49.4 Å². The van der Waals surface area contributed by atoms with Gasteiger partial charge in [0.05, 0.1) is 48.2 Å². The molecule has 3 aromatic rings. The molecule has 0 aliphatic heterocycles. The van der Waals surface area contributed by atoms with Gasteiger partial charge in [-0.1, -0.05) is 34.5 Å². The molecule has 1 aromatic heterocycles. The minimum atomic E-state index is -0.573. The fraction of sp³-hybridized carbons (Fsp3) is 0.286. The highest BCUT2D eigenvalue weighted by Gasteiger charge is 2.19. The Morgan fingerprint density at radius 3 is 2.28 bits per heavy atom. The van der Waals surface area contributed by atoms with Crippen LogP contribution >= 0.6 is 34.5 Å². The first kappa shape index (κ1) is 23.9. The highest BCUT2D eigenvalue weighted by molar-refractivity contribution is 7.16. The van der Waals surface area contributed by atoms with Gasteiger partial charge in [-0.3, -0.25) is 9.59 Å². The third kappa shape index (κ3) is 4.69. The van der Waals surface area contributed by atoms with Crippen LogP contribution in [0.25, 0.3) is 10.2 Å². The molecule has 0 spiro atoms. The molecule has 1 amide bonds. The molecule has 8 nitrogen and oxygen atoms in total. The summed E-state index contributed by atoms with van der Waals surface area (Å²) < 4.78 is 23.2. The first-order chi connectivity index (χ1) is 15.3. The van der Waals surface area contributed by atoms with E-state index in [0.29, 0.717) is 32.5 Å². The summed E-state index contributed by atoms with van der Waals surface area (Å²) in [7, 11) is 4.37. The van der Waals surface area contributed by atoms with Crippen LogP contribution in [0.15, 0.2) is 29.3 Å². The van der Waals surface area contributed by atoms with Crippen LogP contribution in [-0.4, -0.2) is 44.4 Å². The van der Waals surface area contributed by atoms with Gasteiger partial charge in [0.2, 0.25) is 5.75 Å². The number of hydrogen-bond acceptors (Lipinski definition) is 7. The van der Waals surface area contributed by atoms with Crippen molar-refractivity contribution < 1.29 is 28.5 Å². The Morgan fingerprint density at radius 2 is 1.72 bits per heavy atom. The third-order valence-electron chi connectivity index (χ3n) is 4.44. The zero-order valence-corrected chi connectivity index (χ0v) is 20.1. The molecular formula is C21H20Cl2N2O6S. The van der Waals surface area contributed by atoms with Gasteiger partial charge in [0, 0.05) is 5.56 Å². The Balaban J connectivity index is 2.18. The molecule has 11 heteroatoms. The van der Waals surface area contributed by atoms with Gasteiger partial charge >= 0.3 is 5.97 Å². The maximum atomic E-state index is 13.0. The zero-order valence-electron chi connectivity index (χ0n) is 17.7. The van der Waals surface area contributed by atoms with Gasteiger partial charge < -0.3 is 23.5 Å². The Bertz CT molecular complexity index is 1230. The van der Waals surface area contributed by atoms with E-state index in [2.05, 4.69) is 4.99 Å². The fourth-order valence-corrected chi connectivity index (χ4v) is 4.54. The van der Waals surface area contributed by atoms with E-state index in [1.54, 1.807) is 19.1 Å². The monoisotopic (exact) mass is 498 g/mol. The van der Waals surface area contributed by atoms with Gasteiger partial charge in [-0.2, -0.15) is 4.99 Å². The van der Waals surface area contributed by atoms with E-state index in [1.807, 2.05) is 0 Å². The van der Waals surface area contributed by atoms with Gasteiger partial charge in [-0.25, -0.2) is 0 Å². The Hall–Kier alpha value is -2.75. The molecule has 3 rings (SSSR count). The summed E-state index contributed by atoms with van der Waals surface area (Å²) in [6.07, 6.45) is 0. The lowest BCUT2D eigenvalue weighted by molar-refractivity contribution is -0.143. The lowest BCUT2D eigenvalue weighted by Crippen LogP contribution is -2.23. The molecule has 32 heavy (non-hydrogen) atoms. The van der Waals surface area contributed by atoms with Gasteiger partial charge in [0.1, 0.15) is 6.54 Å².